The first kappa shape index (κ1) is 16.5. The Bertz CT molecular complexity index is 802. The first-order valence-corrected chi connectivity index (χ1v) is 9.79. The van der Waals surface area contributed by atoms with Crippen LogP contribution in [0.4, 0.5) is 5.69 Å². The Morgan fingerprint density at radius 1 is 1.40 bits per heavy atom. The van der Waals surface area contributed by atoms with E-state index in [2.05, 4.69) is 20.2 Å². The van der Waals surface area contributed by atoms with Gasteiger partial charge in [0.2, 0.25) is 0 Å². The van der Waals surface area contributed by atoms with Gasteiger partial charge in [0, 0.05) is 48.4 Å². The lowest BCUT2D eigenvalue weighted by Crippen LogP contribution is -2.43. The molecule has 2 aromatic rings. The number of nitrogens with zero attached hydrogens (tertiary/aromatic N) is 2. The minimum Gasteiger partial charge on any atom is -0.349 e. The highest BCUT2D eigenvalue weighted by Gasteiger charge is 2.24. The maximum absolute atomic E-state index is 12.7. The summed E-state index contributed by atoms with van der Waals surface area (Å²) in [5.74, 6) is 0.908. The second-order valence-corrected chi connectivity index (χ2v) is 7.84. The molecule has 0 aromatic carbocycles. The number of hydrogen-bond donors (Lipinski definition) is 3. The van der Waals surface area contributed by atoms with Crippen molar-refractivity contribution in [1.29, 1.82) is 0 Å². The molecule has 2 aliphatic rings. The lowest BCUT2D eigenvalue weighted by Gasteiger charge is -2.30. The van der Waals surface area contributed by atoms with E-state index in [-0.39, 0.29) is 18.0 Å². The number of rotatable bonds is 3. The molecule has 4 rings (SSSR count). The van der Waals surface area contributed by atoms with Crippen molar-refractivity contribution < 1.29 is 4.79 Å². The van der Waals surface area contributed by atoms with Crippen LogP contribution in [-0.2, 0) is 4.79 Å². The second-order valence-electron chi connectivity index (χ2n) is 6.70. The highest BCUT2D eigenvalue weighted by molar-refractivity contribution is 8.04. The Balaban J connectivity index is 1.52. The lowest BCUT2D eigenvalue weighted by molar-refractivity contribution is -0.117. The van der Waals surface area contributed by atoms with Gasteiger partial charge in [-0.05, 0) is 37.8 Å². The van der Waals surface area contributed by atoms with E-state index in [1.807, 2.05) is 24.5 Å². The van der Waals surface area contributed by atoms with Crippen LogP contribution in [0.1, 0.15) is 25.7 Å². The molecular formula is C18H23N5OS. The summed E-state index contributed by atoms with van der Waals surface area (Å²) in [6, 6.07) is 4.43. The number of aromatic amines is 1. The van der Waals surface area contributed by atoms with Gasteiger partial charge in [-0.1, -0.05) is 0 Å². The van der Waals surface area contributed by atoms with Crippen molar-refractivity contribution in [2.75, 3.05) is 17.2 Å². The molecule has 0 unspecified atom stereocenters. The number of amides is 1. The van der Waals surface area contributed by atoms with Crippen LogP contribution in [0.25, 0.3) is 11.0 Å². The maximum Gasteiger partial charge on any atom is 0.259 e. The first-order chi connectivity index (χ1) is 12.2. The van der Waals surface area contributed by atoms with Crippen molar-refractivity contribution in [3.63, 3.8) is 0 Å². The monoisotopic (exact) mass is 357 g/mol. The fourth-order valence-corrected chi connectivity index (χ4v) is 4.52. The highest BCUT2D eigenvalue weighted by atomic mass is 32.2. The number of nitrogens with one attached hydrogen (secondary N) is 2. The summed E-state index contributed by atoms with van der Waals surface area (Å²) in [4.78, 5) is 23.1. The average molecular weight is 357 g/mol. The molecule has 132 valence electrons. The van der Waals surface area contributed by atoms with Crippen molar-refractivity contribution in [2.45, 2.75) is 37.8 Å². The minimum atomic E-state index is 0.0215. The molecule has 25 heavy (non-hydrogen) atoms. The zero-order chi connectivity index (χ0) is 17.2. The minimum absolute atomic E-state index is 0.0215. The molecule has 2 atom stereocenters. The number of thioether (sulfide) groups is 1. The summed E-state index contributed by atoms with van der Waals surface area (Å²) in [5, 5.41) is 4.24. The maximum atomic E-state index is 12.7. The molecular weight excluding hydrogens is 334 g/mol. The molecule has 0 bridgehead atoms. The number of fused-ring (bicyclic) bond motifs is 1. The van der Waals surface area contributed by atoms with E-state index < -0.39 is 0 Å². The van der Waals surface area contributed by atoms with Crippen LogP contribution in [0.5, 0.6) is 0 Å². The molecule has 1 amide bonds. The predicted molar refractivity (Wildman–Crippen MR) is 102 cm³/mol. The summed E-state index contributed by atoms with van der Waals surface area (Å²) >= 11 is 1.62. The molecule has 0 radical (unpaired) electrons. The number of aromatic nitrogens is 2. The van der Waals surface area contributed by atoms with Gasteiger partial charge in [-0.15, -0.1) is 11.8 Å². The third-order valence-electron chi connectivity index (χ3n) is 4.88. The molecule has 2 aromatic heterocycles. The van der Waals surface area contributed by atoms with E-state index in [9.17, 15) is 4.79 Å². The number of carbonyl (C=O) groups excluding carboxylic acids is 1. The van der Waals surface area contributed by atoms with Crippen molar-refractivity contribution in [3.05, 3.63) is 35.6 Å². The van der Waals surface area contributed by atoms with Gasteiger partial charge in [-0.3, -0.25) is 4.79 Å². The Kier molecular flexibility index (Phi) is 4.67. The zero-order valence-electron chi connectivity index (χ0n) is 14.1. The van der Waals surface area contributed by atoms with E-state index in [1.165, 1.54) is 0 Å². The molecule has 6 nitrogen and oxygen atoms in total. The molecule has 1 aliphatic heterocycles. The topological polar surface area (TPSA) is 87.0 Å². The Morgan fingerprint density at radius 2 is 2.32 bits per heavy atom. The molecule has 4 N–H and O–H groups in total. The average Bonchev–Trinajstić information content (AvgIpc) is 3.10. The van der Waals surface area contributed by atoms with Gasteiger partial charge < -0.3 is 20.9 Å². The van der Waals surface area contributed by atoms with Gasteiger partial charge in [-0.25, -0.2) is 4.98 Å². The van der Waals surface area contributed by atoms with Crippen LogP contribution >= 0.6 is 11.8 Å². The second kappa shape index (κ2) is 7.09. The van der Waals surface area contributed by atoms with Crippen LogP contribution in [0.15, 0.2) is 35.6 Å². The van der Waals surface area contributed by atoms with Gasteiger partial charge in [0.1, 0.15) is 5.65 Å². The zero-order valence-corrected chi connectivity index (χ0v) is 14.9. The van der Waals surface area contributed by atoms with E-state index in [4.69, 9.17) is 5.73 Å². The third kappa shape index (κ3) is 3.52. The van der Waals surface area contributed by atoms with Gasteiger partial charge in [0.15, 0.2) is 0 Å². The fourth-order valence-electron chi connectivity index (χ4n) is 3.62. The molecule has 1 aliphatic carbocycles. The van der Waals surface area contributed by atoms with Gasteiger partial charge in [0.05, 0.1) is 10.6 Å². The number of carbonyl (C=O) groups is 1. The number of pyridine rings is 1. The van der Waals surface area contributed by atoms with Crippen LogP contribution < -0.4 is 16.0 Å². The third-order valence-corrected chi connectivity index (χ3v) is 5.87. The van der Waals surface area contributed by atoms with Crippen LogP contribution in [0.2, 0.25) is 0 Å². The predicted octanol–water partition coefficient (Wildman–Crippen LogP) is 2.34. The SMILES string of the molecule is N[C@@H]1CCC[C@@H](NC(=O)C2=CN(c3ccnc4[nH]ccc34)CCS2)C1. The first-order valence-electron chi connectivity index (χ1n) is 8.80. The molecule has 0 spiro atoms. The highest BCUT2D eigenvalue weighted by Crippen LogP contribution is 2.30. The number of nitrogens with two attached hydrogens (primary N) is 1. The van der Waals surface area contributed by atoms with E-state index >= 15 is 0 Å². The molecule has 1 fully saturated rings. The number of anilines is 1. The van der Waals surface area contributed by atoms with Crippen molar-refractivity contribution in [1.82, 2.24) is 15.3 Å². The fraction of sp³-hybridized carbons (Fsp3) is 0.444. The van der Waals surface area contributed by atoms with E-state index in [0.717, 1.165) is 59.6 Å². The van der Waals surface area contributed by atoms with E-state index in [0.29, 0.717) is 0 Å². The Morgan fingerprint density at radius 3 is 3.20 bits per heavy atom. The normalized spacial score (nSPS) is 24.2. The largest absolute Gasteiger partial charge is 0.349 e. The molecule has 0 saturated heterocycles. The smallest absolute Gasteiger partial charge is 0.259 e. The van der Waals surface area contributed by atoms with Gasteiger partial charge >= 0.3 is 0 Å². The van der Waals surface area contributed by atoms with Gasteiger partial charge in [-0.2, -0.15) is 0 Å². The van der Waals surface area contributed by atoms with Crippen LogP contribution in [0, 0.1) is 0 Å². The lowest BCUT2D eigenvalue weighted by atomic mass is 9.91. The van der Waals surface area contributed by atoms with Crippen LogP contribution in [0.3, 0.4) is 0 Å². The number of hydrogen-bond acceptors (Lipinski definition) is 5. The standard InChI is InChI=1S/C18H23N5OS/c19-12-2-1-3-13(10-12)22-18(24)16-11-23(8-9-25-16)15-5-7-21-17-14(15)4-6-20-17/h4-7,11-13H,1-3,8-10,19H2,(H,20,21)(H,22,24)/t12-,13-/m1/s1. The van der Waals surface area contributed by atoms with Crippen LogP contribution in [-0.4, -0.2) is 40.3 Å². The summed E-state index contributed by atoms with van der Waals surface area (Å²) in [6.45, 7) is 0.875. The summed E-state index contributed by atoms with van der Waals surface area (Å²) in [7, 11) is 0. The van der Waals surface area contributed by atoms with E-state index in [1.54, 1.807) is 18.0 Å². The molecule has 1 saturated carbocycles. The molecule has 7 heteroatoms. The quantitative estimate of drug-likeness (QED) is 0.785. The summed E-state index contributed by atoms with van der Waals surface area (Å²) in [6.07, 6.45) is 9.71. The van der Waals surface area contributed by atoms with Crippen molar-refractivity contribution in [3.8, 4) is 0 Å². The number of H-pyrrole nitrogens is 1. The van der Waals surface area contributed by atoms with Crippen molar-refractivity contribution in [2.24, 2.45) is 5.73 Å². The van der Waals surface area contributed by atoms with Gasteiger partial charge in [0.25, 0.3) is 5.91 Å². The summed E-state index contributed by atoms with van der Waals surface area (Å²) in [5.41, 5.74) is 7.98. The van der Waals surface area contributed by atoms with Crippen molar-refractivity contribution >= 4 is 34.4 Å². The Labute approximate surface area is 151 Å². The summed E-state index contributed by atoms with van der Waals surface area (Å²) < 4.78 is 0. The Hall–Kier alpha value is -1.99. The molecule has 3 heterocycles.